The van der Waals surface area contributed by atoms with E-state index < -0.39 is 6.10 Å². The lowest BCUT2D eigenvalue weighted by Crippen LogP contribution is -2.25. The van der Waals surface area contributed by atoms with Crippen LogP contribution in [0.5, 0.6) is 0 Å². The molecule has 0 spiro atoms. The summed E-state index contributed by atoms with van der Waals surface area (Å²) in [5, 5.41) is 18.7. The number of allylic oxidation sites excluding steroid dienone is 8. The van der Waals surface area contributed by atoms with Gasteiger partial charge >= 0.3 is 11.9 Å². The molecular weight excluding hydrogens is 528 g/mol. The van der Waals surface area contributed by atoms with Crippen molar-refractivity contribution in [3.05, 3.63) is 48.6 Å². The van der Waals surface area contributed by atoms with Gasteiger partial charge in [-0.15, -0.1) is 0 Å². The summed E-state index contributed by atoms with van der Waals surface area (Å²) in [6.07, 6.45) is 34.7. The molecule has 242 valence electrons. The molecule has 0 heterocycles. The summed E-state index contributed by atoms with van der Waals surface area (Å²) >= 11 is 0. The van der Waals surface area contributed by atoms with Gasteiger partial charge in [0.05, 0.1) is 0 Å². The molecule has 0 bridgehead atoms. The maximum atomic E-state index is 11.9. The Hall–Kier alpha value is -2.18. The molecule has 6 heteroatoms. The van der Waals surface area contributed by atoms with Gasteiger partial charge < -0.3 is 19.7 Å². The zero-order valence-corrected chi connectivity index (χ0v) is 26.9. The smallest absolute Gasteiger partial charge is 0.305 e. The normalized spacial score (nSPS) is 13.5. The molecule has 0 rings (SSSR count). The van der Waals surface area contributed by atoms with Crippen molar-refractivity contribution in [1.29, 1.82) is 0 Å². The molecule has 0 saturated carbocycles. The van der Waals surface area contributed by atoms with Gasteiger partial charge in [-0.3, -0.25) is 9.59 Å². The van der Waals surface area contributed by atoms with Crippen LogP contribution in [-0.4, -0.2) is 48.1 Å². The van der Waals surface area contributed by atoms with Gasteiger partial charge in [-0.25, -0.2) is 0 Å². The van der Waals surface area contributed by atoms with E-state index in [0.29, 0.717) is 25.9 Å². The van der Waals surface area contributed by atoms with Crippen LogP contribution in [0.4, 0.5) is 0 Å². The molecule has 0 fully saturated rings. The number of rotatable bonds is 29. The van der Waals surface area contributed by atoms with Gasteiger partial charge in [-0.2, -0.15) is 0 Å². The minimum atomic E-state index is -0.991. The second-order valence-electron chi connectivity index (χ2n) is 11.3. The summed E-state index contributed by atoms with van der Waals surface area (Å²) in [6.45, 7) is 4.54. The van der Waals surface area contributed by atoms with Crippen molar-refractivity contribution in [3.8, 4) is 0 Å². The Kier molecular flexibility index (Phi) is 30.1. The van der Waals surface area contributed by atoms with Gasteiger partial charge in [0.2, 0.25) is 0 Å². The van der Waals surface area contributed by atoms with Gasteiger partial charge in [-0.1, -0.05) is 114 Å². The van der Waals surface area contributed by atoms with E-state index >= 15 is 0 Å². The summed E-state index contributed by atoms with van der Waals surface area (Å²) in [6, 6.07) is 0. The number of carbonyl (C=O) groups is 2. The van der Waals surface area contributed by atoms with E-state index in [1.807, 2.05) is 0 Å². The number of carbonyl (C=O) groups excluding carboxylic acids is 2. The third kappa shape index (κ3) is 30.8. The highest BCUT2D eigenvalue weighted by Gasteiger charge is 2.12. The van der Waals surface area contributed by atoms with Gasteiger partial charge in [-0.05, 0) is 63.7 Å². The summed E-state index contributed by atoms with van der Waals surface area (Å²) in [4.78, 5) is 23.7. The minimum Gasteiger partial charge on any atom is -0.463 e. The lowest BCUT2D eigenvalue weighted by atomic mass is 10.00. The first-order valence-electron chi connectivity index (χ1n) is 16.7. The average Bonchev–Trinajstić information content (AvgIpc) is 2.99. The van der Waals surface area contributed by atoms with Crippen LogP contribution in [0.15, 0.2) is 48.6 Å². The van der Waals surface area contributed by atoms with Crippen molar-refractivity contribution >= 4 is 11.9 Å². The number of hydrogen-bond donors (Lipinski definition) is 2. The van der Waals surface area contributed by atoms with E-state index in [1.165, 1.54) is 32.1 Å². The molecule has 0 amide bonds. The van der Waals surface area contributed by atoms with Crippen LogP contribution in [0, 0.1) is 5.92 Å². The zero-order chi connectivity index (χ0) is 30.9. The van der Waals surface area contributed by atoms with E-state index in [2.05, 4.69) is 62.5 Å². The molecule has 0 aliphatic rings. The van der Waals surface area contributed by atoms with Crippen molar-refractivity contribution in [1.82, 2.24) is 0 Å². The standard InChI is InChI=1S/C36H62O6/c1-3-33(2)27-23-19-16-17-21-25-29-36(40)42-32-34(38)31-41-35(39)28-24-20-15-13-11-9-7-5-4-6-8-10-12-14-18-22-26-30-37/h4,6-7,9-10,12-13,15,33-34,37-38H,3,5,8,11,14,16-32H2,1-2H3/b6-4-,9-7-,12-10-,15-13-/t33?,34-/m0/s1. The molecule has 0 aromatic heterocycles. The molecule has 0 aromatic carbocycles. The molecule has 2 N–H and O–H groups in total. The number of ether oxygens (including phenoxy) is 2. The highest BCUT2D eigenvalue weighted by molar-refractivity contribution is 5.69. The first-order valence-corrected chi connectivity index (χ1v) is 16.7. The molecule has 0 radical (unpaired) electrons. The van der Waals surface area contributed by atoms with Crippen LogP contribution in [0.25, 0.3) is 0 Å². The first-order chi connectivity index (χ1) is 20.5. The Morgan fingerprint density at radius 3 is 1.62 bits per heavy atom. The quantitative estimate of drug-likeness (QED) is 0.0514. The van der Waals surface area contributed by atoms with E-state index in [1.54, 1.807) is 0 Å². The summed E-state index contributed by atoms with van der Waals surface area (Å²) in [5.74, 6) is 0.170. The fourth-order valence-electron chi connectivity index (χ4n) is 4.21. The van der Waals surface area contributed by atoms with Crippen LogP contribution in [0.3, 0.4) is 0 Å². The largest absolute Gasteiger partial charge is 0.463 e. The predicted octanol–water partition coefficient (Wildman–Crippen LogP) is 8.72. The van der Waals surface area contributed by atoms with E-state index in [9.17, 15) is 14.7 Å². The molecule has 6 nitrogen and oxygen atoms in total. The third-order valence-corrected chi connectivity index (χ3v) is 7.16. The van der Waals surface area contributed by atoms with Gasteiger partial charge in [0.15, 0.2) is 0 Å². The number of unbranched alkanes of at least 4 members (excludes halogenated alkanes) is 9. The van der Waals surface area contributed by atoms with Crippen LogP contribution in [0.1, 0.15) is 136 Å². The molecule has 1 unspecified atom stereocenters. The minimum absolute atomic E-state index is 0.141. The van der Waals surface area contributed by atoms with Crippen molar-refractivity contribution in [2.75, 3.05) is 19.8 Å². The van der Waals surface area contributed by atoms with Crippen LogP contribution >= 0.6 is 0 Å². The fraction of sp³-hybridized carbons (Fsp3) is 0.722. The SMILES string of the molecule is CCC(C)CCCCCCCCC(=O)OC[C@@H](O)COC(=O)CCC/C=C\C/C=C\C/C=C\C/C=C\CCCCCO. The fourth-order valence-corrected chi connectivity index (χ4v) is 4.21. The number of hydrogen-bond acceptors (Lipinski definition) is 6. The Morgan fingerprint density at radius 2 is 1.07 bits per heavy atom. The highest BCUT2D eigenvalue weighted by Crippen LogP contribution is 2.14. The first kappa shape index (κ1) is 39.8. The van der Waals surface area contributed by atoms with E-state index in [4.69, 9.17) is 14.6 Å². The average molecular weight is 591 g/mol. The van der Waals surface area contributed by atoms with Gasteiger partial charge in [0.1, 0.15) is 19.3 Å². The van der Waals surface area contributed by atoms with Crippen molar-refractivity contribution in [3.63, 3.8) is 0 Å². The number of aliphatic hydroxyl groups excluding tert-OH is 2. The topological polar surface area (TPSA) is 93.1 Å². The molecule has 2 atom stereocenters. The zero-order valence-electron chi connectivity index (χ0n) is 26.9. The third-order valence-electron chi connectivity index (χ3n) is 7.16. The Morgan fingerprint density at radius 1 is 0.619 bits per heavy atom. The predicted molar refractivity (Wildman–Crippen MR) is 174 cm³/mol. The lowest BCUT2D eigenvalue weighted by Gasteiger charge is -2.12. The molecule has 0 aliphatic carbocycles. The van der Waals surface area contributed by atoms with Gasteiger partial charge in [0, 0.05) is 19.4 Å². The molecular formula is C36H62O6. The second kappa shape index (κ2) is 31.7. The summed E-state index contributed by atoms with van der Waals surface area (Å²) in [7, 11) is 0. The van der Waals surface area contributed by atoms with Crippen LogP contribution < -0.4 is 0 Å². The molecule has 0 aliphatic heterocycles. The van der Waals surface area contributed by atoms with E-state index in [-0.39, 0.29) is 25.2 Å². The van der Waals surface area contributed by atoms with E-state index in [0.717, 1.165) is 76.5 Å². The lowest BCUT2D eigenvalue weighted by molar-refractivity contribution is -0.152. The highest BCUT2D eigenvalue weighted by atomic mass is 16.6. The number of aliphatic hydroxyl groups is 2. The van der Waals surface area contributed by atoms with Crippen LogP contribution in [0.2, 0.25) is 0 Å². The van der Waals surface area contributed by atoms with Gasteiger partial charge in [0.25, 0.3) is 0 Å². The second-order valence-corrected chi connectivity index (χ2v) is 11.3. The number of esters is 2. The maximum absolute atomic E-state index is 11.9. The Labute approximate surface area is 257 Å². The molecule has 0 saturated heterocycles. The van der Waals surface area contributed by atoms with Crippen LogP contribution in [-0.2, 0) is 19.1 Å². The van der Waals surface area contributed by atoms with Crippen molar-refractivity contribution in [2.24, 2.45) is 5.92 Å². The van der Waals surface area contributed by atoms with Crippen molar-refractivity contribution < 1.29 is 29.3 Å². The summed E-state index contributed by atoms with van der Waals surface area (Å²) < 4.78 is 10.2. The Bertz CT molecular complexity index is 739. The van der Waals surface area contributed by atoms with Crippen molar-refractivity contribution in [2.45, 2.75) is 142 Å². The Balaban J connectivity index is 3.60. The monoisotopic (exact) mass is 590 g/mol. The molecule has 0 aromatic rings. The maximum Gasteiger partial charge on any atom is 0.305 e. The molecule has 42 heavy (non-hydrogen) atoms. The summed E-state index contributed by atoms with van der Waals surface area (Å²) in [5.41, 5.74) is 0.